The summed E-state index contributed by atoms with van der Waals surface area (Å²) in [6, 6.07) is -0.828. The number of hydrogen-bond donors (Lipinski definition) is 3. The van der Waals surface area contributed by atoms with Gasteiger partial charge >= 0.3 is 12.0 Å². The van der Waals surface area contributed by atoms with Crippen molar-refractivity contribution in [2.24, 2.45) is 5.92 Å². The Kier molecular flexibility index (Phi) is 4.70. The van der Waals surface area contributed by atoms with Gasteiger partial charge in [-0.05, 0) is 13.8 Å². The van der Waals surface area contributed by atoms with Crippen molar-refractivity contribution < 1.29 is 19.1 Å². The first-order chi connectivity index (χ1) is 8.40. The lowest BCUT2D eigenvalue weighted by molar-refractivity contribution is -0.140. The number of carboxylic acids is 1. The summed E-state index contributed by atoms with van der Waals surface area (Å²) in [7, 11) is 0. The second-order valence-electron chi connectivity index (χ2n) is 4.12. The molecule has 2 unspecified atom stereocenters. The molecule has 0 saturated carbocycles. The summed E-state index contributed by atoms with van der Waals surface area (Å²) in [6.45, 7) is 5.07. The molecule has 18 heavy (non-hydrogen) atoms. The number of carboxylic acid groups (broad SMARTS) is 1. The number of amides is 2. The number of oxazole rings is 1. The van der Waals surface area contributed by atoms with Crippen molar-refractivity contribution in [2.45, 2.75) is 26.8 Å². The highest BCUT2D eigenvalue weighted by Gasteiger charge is 2.16. The van der Waals surface area contributed by atoms with Gasteiger partial charge in [0.05, 0.1) is 12.1 Å². The molecule has 1 aromatic rings. The SMILES string of the molecule is Cc1cnc(C(C)NC(=O)NCC(C)C(=O)O)o1. The number of hydrogen-bond acceptors (Lipinski definition) is 4. The van der Waals surface area contributed by atoms with E-state index >= 15 is 0 Å². The Morgan fingerprint density at radius 3 is 2.67 bits per heavy atom. The maximum absolute atomic E-state index is 11.5. The fraction of sp³-hybridized carbons (Fsp3) is 0.545. The molecule has 0 saturated heterocycles. The highest BCUT2D eigenvalue weighted by Crippen LogP contribution is 2.11. The molecular weight excluding hydrogens is 238 g/mol. The summed E-state index contributed by atoms with van der Waals surface area (Å²) < 4.78 is 5.26. The lowest BCUT2D eigenvalue weighted by Gasteiger charge is -2.13. The number of aliphatic carboxylic acids is 1. The second kappa shape index (κ2) is 6.04. The highest BCUT2D eigenvalue weighted by atomic mass is 16.4. The molecule has 0 aliphatic rings. The molecule has 1 aromatic heterocycles. The number of aromatic nitrogens is 1. The zero-order valence-corrected chi connectivity index (χ0v) is 10.6. The predicted octanol–water partition coefficient (Wildman–Crippen LogP) is 1.06. The van der Waals surface area contributed by atoms with E-state index in [1.165, 1.54) is 6.92 Å². The molecule has 0 spiro atoms. The van der Waals surface area contributed by atoms with Gasteiger partial charge in [0, 0.05) is 6.54 Å². The Morgan fingerprint density at radius 1 is 1.50 bits per heavy atom. The first-order valence-electron chi connectivity index (χ1n) is 5.59. The summed E-state index contributed by atoms with van der Waals surface area (Å²) in [5, 5.41) is 13.7. The second-order valence-corrected chi connectivity index (χ2v) is 4.12. The van der Waals surface area contributed by atoms with E-state index < -0.39 is 17.9 Å². The van der Waals surface area contributed by atoms with E-state index in [-0.39, 0.29) is 12.6 Å². The molecule has 7 nitrogen and oxygen atoms in total. The maximum Gasteiger partial charge on any atom is 0.315 e. The van der Waals surface area contributed by atoms with Gasteiger partial charge in [-0.2, -0.15) is 0 Å². The first kappa shape index (κ1) is 14.0. The van der Waals surface area contributed by atoms with Gasteiger partial charge in [0.15, 0.2) is 0 Å². The normalized spacial score (nSPS) is 13.7. The third-order valence-corrected chi connectivity index (χ3v) is 2.35. The number of carbonyl (C=O) groups is 2. The van der Waals surface area contributed by atoms with Crippen LogP contribution in [0.4, 0.5) is 4.79 Å². The average Bonchev–Trinajstić information content (AvgIpc) is 2.72. The Bertz CT molecular complexity index is 430. The first-order valence-corrected chi connectivity index (χ1v) is 5.59. The summed E-state index contributed by atoms with van der Waals surface area (Å²) in [5.74, 6) is -0.505. The van der Waals surface area contributed by atoms with Gasteiger partial charge in [-0.15, -0.1) is 0 Å². The van der Waals surface area contributed by atoms with Crippen LogP contribution in [0.2, 0.25) is 0 Å². The van der Waals surface area contributed by atoms with E-state index in [1.807, 2.05) is 0 Å². The van der Waals surface area contributed by atoms with Crippen molar-refractivity contribution in [1.29, 1.82) is 0 Å². The molecule has 0 bridgehead atoms. The monoisotopic (exact) mass is 255 g/mol. The standard InChI is InChI=1S/C11H17N3O4/c1-6(10(15)16)4-13-11(17)14-8(3)9-12-5-7(2)18-9/h5-6,8H,4H2,1-3H3,(H,15,16)(H2,13,14,17). The summed E-state index contributed by atoms with van der Waals surface area (Å²) in [6.07, 6.45) is 1.57. The van der Waals surface area contributed by atoms with E-state index in [0.717, 1.165) is 0 Å². The third kappa shape index (κ3) is 4.08. The zero-order valence-electron chi connectivity index (χ0n) is 10.6. The van der Waals surface area contributed by atoms with Crippen LogP contribution < -0.4 is 10.6 Å². The van der Waals surface area contributed by atoms with Gasteiger partial charge in [-0.3, -0.25) is 4.79 Å². The number of aryl methyl sites for hydroxylation is 1. The van der Waals surface area contributed by atoms with Crippen LogP contribution in [0.15, 0.2) is 10.6 Å². The minimum Gasteiger partial charge on any atom is -0.481 e. The molecule has 2 amide bonds. The maximum atomic E-state index is 11.5. The molecule has 0 aliphatic carbocycles. The van der Waals surface area contributed by atoms with Gasteiger partial charge in [-0.25, -0.2) is 9.78 Å². The number of nitrogens with one attached hydrogen (secondary N) is 2. The van der Waals surface area contributed by atoms with Crippen molar-refractivity contribution in [3.63, 3.8) is 0 Å². The number of carbonyl (C=O) groups excluding carboxylic acids is 1. The Balaban J connectivity index is 2.38. The van der Waals surface area contributed by atoms with Crippen LogP contribution in [0, 0.1) is 12.8 Å². The summed E-state index contributed by atoms with van der Waals surface area (Å²) >= 11 is 0. The van der Waals surface area contributed by atoms with Gasteiger partial charge in [0.25, 0.3) is 0 Å². The van der Waals surface area contributed by atoms with E-state index in [2.05, 4.69) is 15.6 Å². The molecule has 0 fully saturated rings. The number of urea groups is 1. The number of rotatable bonds is 5. The van der Waals surface area contributed by atoms with Crippen LogP contribution in [0.5, 0.6) is 0 Å². The van der Waals surface area contributed by atoms with Crippen molar-refractivity contribution in [3.05, 3.63) is 17.8 Å². The van der Waals surface area contributed by atoms with Gasteiger partial charge in [0.2, 0.25) is 5.89 Å². The molecule has 100 valence electrons. The quantitative estimate of drug-likeness (QED) is 0.729. The Labute approximate surface area is 105 Å². The van der Waals surface area contributed by atoms with Crippen molar-refractivity contribution in [1.82, 2.24) is 15.6 Å². The number of nitrogens with zero attached hydrogens (tertiary/aromatic N) is 1. The van der Waals surface area contributed by atoms with Crippen LogP contribution in [0.3, 0.4) is 0 Å². The molecule has 1 heterocycles. The van der Waals surface area contributed by atoms with Gasteiger partial charge in [0.1, 0.15) is 11.8 Å². The highest BCUT2D eigenvalue weighted by molar-refractivity contribution is 5.75. The van der Waals surface area contributed by atoms with Crippen molar-refractivity contribution in [2.75, 3.05) is 6.54 Å². The largest absolute Gasteiger partial charge is 0.481 e. The summed E-state index contributed by atoms with van der Waals surface area (Å²) in [5.41, 5.74) is 0. The van der Waals surface area contributed by atoms with Crippen molar-refractivity contribution in [3.8, 4) is 0 Å². The Morgan fingerprint density at radius 2 is 2.17 bits per heavy atom. The molecule has 7 heteroatoms. The molecule has 3 N–H and O–H groups in total. The zero-order chi connectivity index (χ0) is 13.7. The molecule has 0 aromatic carbocycles. The summed E-state index contributed by atoms with van der Waals surface area (Å²) in [4.78, 5) is 26.0. The average molecular weight is 255 g/mol. The topological polar surface area (TPSA) is 104 Å². The smallest absolute Gasteiger partial charge is 0.315 e. The molecule has 0 radical (unpaired) electrons. The third-order valence-electron chi connectivity index (χ3n) is 2.35. The molecule has 0 aliphatic heterocycles. The lowest BCUT2D eigenvalue weighted by atomic mass is 10.2. The minimum atomic E-state index is -0.952. The van der Waals surface area contributed by atoms with E-state index in [4.69, 9.17) is 9.52 Å². The van der Waals surface area contributed by atoms with E-state index in [9.17, 15) is 9.59 Å². The van der Waals surface area contributed by atoms with Gasteiger partial charge in [-0.1, -0.05) is 6.92 Å². The van der Waals surface area contributed by atoms with Gasteiger partial charge < -0.3 is 20.2 Å². The Hall–Kier alpha value is -2.05. The van der Waals surface area contributed by atoms with Crippen LogP contribution in [-0.2, 0) is 4.79 Å². The van der Waals surface area contributed by atoms with E-state index in [1.54, 1.807) is 20.0 Å². The molecule has 1 rings (SSSR count). The molecular formula is C11H17N3O4. The van der Waals surface area contributed by atoms with Crippen LogP contribution in [0.1, 0.15) is 31.5 Å². The predicted molar refractivity (Wildman–Crippen MR) is 63.0 cm³/mol. The lowest BCUT2D eigenvalue weighted by Crippen LogP contribution is -2.40. The van der Waals surface area contributed by atoms with Crippen LogP contribution >= 0.6 is 0 Å². The fourth-order valence-corrected chi connectivity index (χ4v) is 1.21. The minimum absolute atomic E-state index is 0.0680. The van der Waals surface area contributed by atoms with E-state index in [0.29, 0.717) is 11.7 Å². The van der Waals surface area contributed by atoms with Crippen LogP contribution in [0.25, 0.3) is 0 Å². The fourth-order valence-electron chi connectivity index (χ4n) is 1.21. The van der Waals surface area contributed by atoms with Crippen molar-refractivity contribution >= 4 is 12.0 Å². The van der Waals surface area contributed by atoms with Crippen LogP contribution in [-0.4, -0.2) is 28.6 Å². The molecule has 2 atom stereocenters.